The van der Waals surface area contributed by atoms with Crippen molar-refractivity contribution in [1.29, 1.82) is 0 Å². The number of urea groups is 2. The molecule has 0 aliphatic heterocycles. The van der Waals surface area contributed by atoms with Gasteiger partial charge in [0.2, 0.25) is 23.7 Å². The number of anilines is 4. The van der Waals surface area contributed by atoms with Crippen molar-refractivity contribution in [2.45, 2.75) is 16.7 Å². The second-order valence-electron chi connectivity index (χ2n) is 15.3. The molecule has 34 heteroatoms. The number of nitrogens with two attached hydrogens (primary N) is 2. The van der Waals surface area contributed by atoms with Crippen LogP contribution in [0, 0.1) is 0 Å². The van der Waals surface area contributed by atoms with Crippen molar-refractivity contribution in [3.8, 4) is 23.1 Å². The van der Waals surface area contributed by atoms with Crippen molar-refractivity contribution in [2.24, 2.45) is 0 Å². The lowest BCUT2D eigenvalue weighted by Crippen LogP contribution is -2.44. The Balaban J connectivity index is 0.000000207. The summed E-state index contributed by atoms with van der Waals surface area (Å²) >= 11 is 23.0. The first-order valence-corrected chi connectivity index (χ1v) is 27.0. The Bertz CT molecular complexity index is 3900. The molecule has 0 atom stereocenters. The van der Waals surface area contributed by atoms with Crippen LogP contribution in [0.5, 0.6) is 11.8 Å². The zero-order valence-corrected chi connectivity index (χ0v) is 46.9. The Hall–Kier alpha value is -9.46. The molecule has 0 aliphatic carbocycles. The van der Waals surface area contributed by atoms with Gasteiger partial charge in [-0.2, -0.15) is 29.5 Å². The van der Waals surface area contributed by atoms with E-state index in [1.165, 1.54) is 72.4 Å². The molecular formula is C48H42Cl4N14O14S2. The van der Waals surface area contributed by atoms with Crippen LogP contribution in [0.15, 0.2) is 153 Å². The predicted octanol–water partition coefficient (Wildman–Crippen LogP) is 6.05. The second kappa shape index (κ2) is 28.6. The summed E-state index contributed by atoms with van der Waals surface area (Å²) in [6, 6.07) is 28.1. The van der Waals surface area contributed by atoms with Gasteiger partial charge in [-0.05, 0) is 55.5 Å². The Labute approximate surface area is 483 Å². The van der Waals surface area contributed by atoms with Crippen LogP contribution >= 0.6 is 46.4 Å². The number of aromatic carboxylic acids is 2. The number of halogens is 4. The van der Waals surface area contributed by atoms with E-state index >= 15 is 0 Å². The van der Waals surface area contributed by atoms with Crippen molar-refractivity contribution < 1.29 is 55.7 Å². The number of sulfonamides is 2. The fourth-order valence-electron chi connectivity index (χ4n) is 6.23. The van der Waals surface area contributed by atoms with E-state index in [9.17, 15) is 45.6 Å². The summed E-state index contributed by atoms with van der Waals surface area (Å²) in [5, 5.41) is 28.0. The second-order valence-corrected chi connectivity index (χ2v) is 20.2. The van der Waals surface area contributed by atoms with E-state index in [-0.39, 0.29) is 61.9 Å². The number of hydrogen-bond donors (Lipinski definition) is 7. The lowest BCUT2D eigenvalue weighted by Gasteiger charge is -2.20. The maximum Gasteiger partial charge on any atom is 0.338 e. The van der Waals surface area contributed by atoms with E-state index in [0.717, 1.165) is 29.2 Å². The normalized spacial score (nSPS) is 10.6. The van der Waals surface area contributed by atoms with Gasteiger partial charge >= 0.3 is 24.0 Å². The summed E-state index contributed by atoms with van der Waals surface area (Å²) in [5.74, 6) is -3.25. The largest absolute Gasteiger partial charge is 0.481 e. The lowest BCUT2D eigenvalue weighted by atomic mass is 10.2. The maximum absolute atomic E-state index is 12.5. The van der Waals surface area contributed by atoms with Gasteiger partial charge < -0.3 is 31.2 Å². The van der Waals surface area contributed by atoms with Gasteiger partial charge in [-0.25, -0.2) is 55.4 Å². The minimum Gasteiger partial charge on any atom is -0.481 e. The van der Waals surface area contributed by atoms with Crippen LogP contribution in [0.3, 0.4) is 0 Å². The van der Waals surface area contributed by atoms with Gasteiger partial charge in [-0.3, -0.25) is 19.8 Å². The SMILES string of the molecule is CCN(C(=O)NS(=O)(=O)c1ccccc1C(=O)O)c1nc(Cl)cc(OC)n1.COc1cc(Cl)nc(NC(=O)NS(=O)(=O)c2ccccc2C(=O)O)n1.Nc1cnn(-c2ccccc2)c(=O)c1Cl.Nc1cnn(-c2ccccc2)c(=O)c1Cl. The van der Waals surface area contributed by atoms with Gasteiger partial charge in [-0.15, -0.1) is 0 Å². The number of nitrogens with one attached hydrogen (secondary N) is 3. The Kier molecular flexibility index (Phi) is 22.1. The molecule has 4 aromatic carbocycles. The molecule has 0 saturated carbocycles. The highest BCUT2D eigenvalue weighted by Crippen LogP contribution is 2.22. The number of nitrogens with zero attached hydrogens (tertiary/aromatic N) is 9. The standard InChI is InChI=1S/C15H15ClN4O6S.C13H11ClN4O6S.2C10H8ClN3O/c1-3-20(14-17-11(16)8-12(18-14)26-2)15(23)19-27(24,25)10-7-5-4-6-9(10)13(21)22;1-24-10-6-9(14)15-12(16-10)17-13(21)18-25(22,23)8-5-3-2-4-7(8)11(19)20;2*11-9-8(12)6-13-14(10(9)15)7-4-2-1-3-5-7/h4-8H,3H2,1-2H3,(H,19,23)(H,21,22);2-6H,1H3,(H,19,20)(H2,15,16,17,18,21);2*1-6H,12H2. The number of hydrogen-bond acceptors (Lipinski definition) is 20. The third-order valence-corrected chi connectivity index (χ3v) is 13.8. The van der Waals surface area contributed by atoms with Crippen molar-refractivity contribution >= 4 is 114 Å². The average Bonchev–Trinajstić information content (AvgIpc) is 3.50. The molecule has 8 aromatic rings. The van der Waals surface area contributed by atoms with Crippen LogP contribution < -0.4 is 51.7 Å². The molecule has 0 saturated heterocycles. The zero-order chi connectivity index (χ0) is 60.5. The molecule has 8 rings (SSSR count). The molecule has 0 radical (unpaired) electrons. The van der Waals surface area contributed by atoms with Crippen molar-refractivity contribution in [2.75, 3.05) is 42.4 Å². The van der Waals surface area contributed by atoms with Crippen LogP contribution in [0.4, 0.5) is 32.9 Å². The monoisotopic (exact) mass is 1240 g/mol. The summed E-state index contributed by atoms with van der Waals surface area (Å²) < 4.78 is 65.1. The van der Waals surface area contributed by atoms with Gasteiger partial charge in [0.15, 0.2) is 0 Å². The van der Waals surface area contributed by atoms with E-state index in [1.807, 2.05) is 36.4 Å². The summed E-state index contributed by atoms with van der Waals surface area (Å²) in [4.78, 5) is 85.1. The number of carbonyl (C=O) groups excluding carboxylic acids is 2. The highest BCUT2D eigenvalue weighted by molar-refractivity contribution is 7.90. The third kappa shape index (κ3) is 16.8. The summed E-state index contributed by atoms with van der Waals surface area (Å²) in [6.07, 6.45) is 2.72. The van der Waals surface area contributed by atoms with Crippen molar-refractivity contribution in [3.05, 3.63) is 186 Å². The maximum atomic E-state index is 12.5. The van der Waals surface area contributed by atoms with E-state index in [4.69, 9.17) is 77.6 Å². The minimum atomic E-state index is -4.47. The number of carboxylic acids is 2. The molecule has 0 unspecified atom stereocenters. The van der Waals surface area contributed by atoms with E-state index in [1.54, 1.807) is 40.6 Å². The number of carbonyl (C=O) groups is 4. The van der Waals surface area contributed by atoms with Gasteiger partial charge in [0.05, 0.1) is 60.5 Å². The fourth-order valence-corrected chi connectivity index (χ4v) is 9.09. The van der Waals surface area contributed by atoms with Crippen LogP contribution in [-0.2, 0) is 20.0 Å². The number of rotatable bonds is 13. The highest BCUT2D eigenvalue weighted by atomic mass is 35.5. The number of amides is 4. The number of ether oxygens (including phenoxy) is 2. The molecule has 0 fully saturated rings. The molecule has 0 bridgehead atoms. The quantitative estimate of drug-likeness (QED) is 0.0646. The molecule has 4 heterocycles. The molecule has 4 aromatic heterocycles. The predicted molar refractivity (Wildman–Crippen MR) is 301 cm³/mol. The van der Waals surface area contributed by atoms with Crippen LogP contribution in [0.25, 0.3) is 11.4 Å². The molecule has 28 nitrogen and oxygen atoms in total. The first-order chi connectivity index (χ1) is 38.8. The number of nitrogen functional groups attached to an aromatic ring is 2. The number of methoxy groups -OCH3 is 2. The van der Waals surface area contributed by atoms with E-state index in [2.05, 4.69) is 35.5 Å². The number of para-hydroxylation sites is 2. The van der Waals surface area contributed by atoms with Crippen LogP contribution in [0.2, 0.25) is 20.4 Å². The zero-order valence-electron chi connectivity index (χ0n) is 42.2. The summed E-state index contributed by atoms with van der Waals surface area (Å²) in [6.45, 7) is 1.57. The van der Waals surface area contributed by atoms with Crippen LogP contribution in [-0.4, -0.2) is 111 Å². The Morgan fingerprint density at radius 2 is 1.00 bits per heavy atom. The lowest BCUT2D eigenvalue weighted by molar-refractivity contribution is 0.0682. The number of aromatic nitrogens is 8. The van der Waals surface area contributed by atoms with Gasteiger partial charge in [-0.1, -0.05) is 107 Å². The topological polar surface area (TPSA) is 408 Å². The summed E-state index contributed by atoms with van der Waals surface area (Å²) in [5.41, 5.74) is 10.8. The first-order valence-electron chi connectivity index (χ1n) is 22.5. The summed E-state index contributed by atoms with van der Waals surface area (Å²) in [7, 11) is -6.26. The molecule has 0 aliphatic rings. The number of carboxylic acid groups (broad SMARTS) is 2. The minimum absolute atomic E-state index is 0.00538. The van der Waals surface area contributed by atoms with E-state index < -0.39 is 76.1 Å². The molecule has 9 N–H and O–H groups in total. The molecule has 428 valence electrons. The first kappa shape index (κ1) is 63.4. The third-order valence-electron chi connectivity index (χ3n) is 9.93. The number of benzene rings is 4. The Morgan fingerprint density at radius 3 is 1.43 bits per heavy atom. The fraction of sp³-hybridized carbons (Fsp3) is 0.0833. The Morgan fingerprint density at radius 1 is 0.598 bits per heavy atom. The average molecular weight is 1240 g/mol. The van der Waals surface area contributed by atoms with E-state index in [0.29, 0.717) is 11.4 Å². The molecule has 4 amide bonds. The smallest absolute Gasteiger partial charge is 0.338 e. The molecule has 0 spiro atoms. The highest BCUT2D eigenvalue weighted by Gasteiger charge is 2.28. The van der Waals surface area contributed by atoms with Crippen molar-refractivity contribution in [3.63, 3.8) is 0 Å². The van der Waals surface area contributed by atoms with Gasteiger partial charge in [0.25, 0.3) is 31.2 Å². The van der Waals surface area contributed by atoms with Crippen LogP contribution in [0.1, 0.15) is 27.6 Å². The molecular weight excluding hydrogens is 1200 g/mol. The van der Waals surface area contributed by atoms with Gasteiger partial charge in [0, 0.05) is 18.7 Å². The van der Waals surface area contributed by atoms with Crippen molar-refractivity contribution in [1.82, 2.24) is 48.9 Å². The molecule has 82 heavy (non-hydrogen) atoms. The van der Waals surface area contributed by atoms with Gasteiger partial charge in [0.1, 0.15) is 30.1 Å².